The fraction of sp³-hybridized carbons (Fsp3) is 0.0714. The number of thiocarbonyl (C=S) groups is 1. The van der Waals surface area contributed by atoms with Gasteiger partial charge < -0.3 is 15.4 Å². The summed E-state index contributed by atoms with van der Waals surface area (Å²) in [6.45, 7) is 0. The van der Waals surface area contributed by atoms with Gasteiger partial charge in [-0.15, -0.1) is 0 Å². The monoisotopic (exact) mass is 310 g/mol. The Labute approximate surface area is 126 Å². The van der Waals surface area contributed by atoms with Gasteiger partial charge in [0.15, 0.2) is 5.11 Å². The van der Waals surface area contributed by atoms with Crippen molar-refractivity contribution in [2.45, 2.75) is 0 Å². The van der Waals surface area contributed by atoms with Crippen molar-refractivity contribution in [3.8, 4) is 5.75 Å². The van der Waals surface area contributed by atoms with E-state index in [1.807, 2.05) is 24.3 Å². The predicted molar refractivity (Wildman–Crippen MR) is 84.2 cm³/mol. The lowest BCUT2D eigenvalue weighted by atomic mass is 10.3. The molecule has 2 N–H and O–H groups in total. The van der Waals surface area contributed by atoms with Crippen molar-refractivity contribution in [3.63, 3.8) is 0 Å². The summed E-state index contributed by atoms with van der Waals surface area (Å²) in [7, 11) is 1.60. The molecule has 0 heterocycles. The molecule has 0 bridgehead atoms. The number of benzene rings is 2. The summed E-state index contributed by atoms with van der Waals surface area (Å²) < 4.78 is 18.1. The van der Waals surface area contributed by atoms with Crippen molar-refractivity contribution in [3.05, 3.63) is 53.3 Å². The lowest BCUT2D eigenvalue weighted by Gasteiger charge is -2.11. The first-order valence-corrected chi connectivity index (χ1v) is 6.54. The van der Waals surface area contributed by atoms with Crippen LogP contribution in [0.5, 0.6) is 5.75 Å². The third-order valence-electron chi connectivity index (χ3n) is 2.53. The Balaban J connectivity index is 1.99. The molecular formula is C14H12ClFN2OS. The SMILES string of the molecule is COc1ccc(NC(=S)Nc2ccc(F)c(Cl)c2)cc1. The maximum Gasteiger partial charge on any atom is 0.175 e. The zero-order valence-corrected chi connectivity index (χ0v) is 12.2. The average molecular weight is 311 g/mol. The van der Waals surface area contributed by atoms with Crippen molar-refractivity contribution in [2.24, 2.45) is 0 Å². The van der Waals surface area contributed by atoms with Crippen LogP contribution in [0.15, 0.2) is 42.5 Å². The summed E-state index contributed by atoms with van der Waals surface area (Å²) in [5, 5.41) is 6.36. The molecule has 2 aromatic carbocycles. The van der Waals surface area contributed by atoms with Crippen LogP contribution in [0.3, 0.4) is 0 Å². The van der Waals surface area contributed by atoms with Gasteiger partial charge in [0.2, 0.25) is 0 Å². The topological polar surface area (TPSA) is 33.3 Å². The molecule has 0 fully saturated rings. The first kappa shape index (κ1) is 14.6. The maximum atomic E-state index is 13.0. The highest BCUT2D eigenvalue weighted by Gasteiger charge is 2.03. The molecule has 0 atom stereocenters. The summed E-state index contributed by atoms with van der Waals surface area (Å²) in [6.07, 6.45) is 0. The Hall–Kier alpha value is -1.85. The van der Waals surface area contributed by atoms with Gasteiger partial charge in [-0.25, -0.2) is 4.39 Å². The van der Waals surface area contributed by atoms with Crippen LogP contribution in [-0.2, 0) is 0 Å². The fourth-order valence-electron chi connectivity index (χ4n) is 1.54. The lowest BCUT2D eigenvalue weighted by molar-refractivity contribution is 0.415. The highest BCUT2D eigenvalue weighted by molar-refractivity contribution is 7.80. The van der Waals surface area contributed by atoms with Crippen LogP contribution in [0.4, 0.5) is 15.8 Å². The molecule has 2 aromatic rings. The van der Waals surface area contributed by atoms with Gasteiger partial charge in [-0.2, -0.15) is 0 Å². The Morgan fingerprint density at radius 2 is 1.70 bits per heavy atom. The van der Waals surface area contributed by atoms with Crippen LogP contribution in [0, 0.1) is 5.82 Å². The summed E-state index contributed by atoms with van der Waals surface area (Å²) in [5.41, 5.74) is 1.43. The number of hydrogen-bond donors (Lipinski definition) is 2. The minimum Gasteiger partial charge on any atom is -0.497 e. The van der Waals surface area contributed by atoms with Gasteiger partial charge in [-0.1, -0.05) is 11.6 Å². The van der Waals surface area contributed by atoms with Crippen molar-refractivity contribution >= 4 is 40.3 Å². The van der Waals surface area contributed by atoms with Crippen LogP contribution in [0.2, 0.25) is 5.02 Å². The van der Waals surface area contributed by atoms with Crippen LogP contribution in [0.25, 0.3) is 0 Å². The van der Waals surface area contributed by atoms with Gasteiger partial charge in [0.25, 0.3) is 0 Å². The third-order valence-corrected chi connectivity index (χ3v) is 3.02. The van der Waals surface area contributed by atoms with Gasteiger partial charge in [-0.05, 0) is 54.7 Å². The second-order valence-corrected chi connectivity index (χ2v) is 4.75. The summed E-state index contributed by atoms with van der Waals surface area (Å²) in [4.78, 5) is 0. The molecule has 20 heavy (non-hydrogen) atoms. The Morgan fingerprint density at radius 3 is 2.30 bits per heavy atom. The number of hydrogen-bond acceptors (Lipinski definition) is 2. The number of methoxy groups -OCH3 is 1. The van der Waals surface area contributed by atoms with E-state index in [4.69, 9.17) is 28.6 Å². The van der Waals surface area contributed by atoms with E-state index in [-0.39, 0.29) is 5.02 Å². The number of halogens is 2. The molecule has 0 saturated carbocycles. The second-order valence-electron chi connectivity index (χ2n) is 3.94. The quantitative estimate of drug-likeness (QED) is 0.828. The molecule has 3 nitrogen and oxygen atoms in total. The van der Waals surface area contributed by atoms with Crippen molar-refractivity contribution in [1.29, 1.82) is 0 Å². The van der Waals surface area contributed by atoms with E-state index < -0.39 is 5.82 Å². The van der Waals surface area contributed by atoms with Gasteiger partial charge >= 0.3 is 0 Å². The van der Waals surface area contributed by atoms with E-state index in [1.54, 1.807) is 13.2 Å². The molecule has 0 unspecified atom stereocenters. The van der Waals surface area contributed by atoms with E-state index in [1.165, 1.54) is 12.1 Å². The molecule has 0 aromatic heterocycles. The molecule has 0 radical (unpaired) electrons. The lowest BCUT2D eigenvalue weighted by Crippen LogP contribution is -2.19. The molecule has 0 amide bonds. The number of rotatable bonds is 3. The molecule has 6 heteroatoms. The molecule has 2 rings (SSSR count). The van der Waals surface area contributed by atoms with E-state index >= 15 is 0 Å². The zero-order valence-electron chi connectivity index (χ0n) is 10.6. The molecule has 0 saturated heterocycles. The number of ether oxygens (including phenoxy) is 1. The highest BCUT2D eigenvalue weighted by atomic mass is 35.5. The van der Waals surface area contributed by atoms with Crippen molar-refractivity contribution in [2.75, 3.05) is 17.7 Å². The van der Waals surface area contributed by atoms with E-state index in [2.05, 4.69) is 10.6 Å². The first-order chi connectivity index (χ1) is 9.58. The number of anilines is 2. The molecular weight excluding hydrogens is 299 g/mol. The van der Waals surface area contributed by atoms with Crippen molar-refractivity contribution in [1.82, 2.24) is 0 Å². The normalized spacial score (nSPS) is 9.95. The molecule has 0 aliphatic carbocycles. The highest BCUT2D eigenvalue weighted by Crippen LogP contribution is 2.20. The predicted octanol–water partition coefficient (Wildman–Crippen LogP) is 4.30. The molecule has 0 spiro atoms. The smallest absolute Gasteiger partial charge is 0.175 e. The van der Waals surface area contributed by atoms with Crippen LogP contribution >= 0.6 is 23.8 Å². The van der Waals surface area contributed by atoms with E-state index in [0.717, 1.165) is 11.4 Å². The van der Waals surface area contributed by atoms with Crippen LogP contribution in [0.1, 0.15) is 0 Å². The summed E-state index contributed by atoms with van der Waals surface area (Å²) >= 11 is 10.9. The minimum atomic E-state index is -0.466. The summed E-state index contributed by atoms with van der Waals surface area (Å²) in [5.74, 6) is 0.297. The van der Waals surface area contributed by atoms with Gasteiger partial charge in [0.1, 0.15) is 11.6 Å². The summed E-state index contributed by atoms with van der Waals surface area (Å²) in [6, 6.07) is 11.6. The second kappa shape index (κ2) is 6.54. The minimum absolute atomic E-state index is 0.0437. The maximum absolute atomic E-state index is 13.0. The largest absolute Gasteiger partial charge is 0.497 e. The number of nitrogens with one attached hydrogen (secondary N) is 2. The van der Waals surface area contributed by atoms with E-state index in [9.17, 15) is 4.39 Å². The Morgan fingerprint density at radius 1 is 1.10 bits per heavy atom. The van der Waals surface area contributed by atoms with Crippen LogP contribution < -0.4 is 15.4 Å². The molecule has 0 aliphatic rings. The fourth-order valence-corrected chi connectivity index (χ4v) is 1.96. The Bertz CT molecular complexity index is 619. The van der Waals surface area contributed by atoms with Crippen molar-refractivity contribution < 1.29 is 9.13 Å². The van der Waals surface area contributed by atoms with Gasteiger partial charge in [0.05, 0.1) is 12.1 Å². The first-order valence-electron chi connectivity index (χ1n) is 5.75. The van der Waals surface area contributed by atoms with Gasteiger partial charge in [0, 0.05) is 11.4 Å². The molecule has 104 valence electrons. The molecule has 0 aliphatic heterocycles. The standard InChI is InChI=1S/C14H12ClFN2OS/c1-19-11-5-2-9(3-6-11)17-14(20)18-10-4-7-13(16)12(15)8-10/h2-8H,1H3,(H2,17,18,20). The third kappa shape index (κ3) is 3.82. The zero-order chi connectivity index (χ0) is 14.5. The van der Waals surface area contributed by atoms with E-state index in [0.29, 0.717) is 10.8 Å². The van der Waals surface area contributed by atoms with Gasteiger partial charge in [-0.3, -0.25) is 0 Å². The Kier molecular flexibility index (Phi) is 4.76. The average Bonchev–Trinajstić information content (AvgIpc) is 2.44. The van der Waals surface area contributed by atoms with Crippen LogP contribution in [-0.4, -0.2) is 12.2 Å².